The van der Waals surface area contributed by atoms with Gasteiger partial charge in [0, 0.05) is 5.56 Å². The molecule has 1 saturated carbocycles. The van der Waals surface area contributed by atoms with Gasteiger partial charge in [0.25, 0.3) is 0 Å². The van der Waals surface area contributed by atoms with Crippen molar-refractivity contribution in [2.75, 3.05) is 0 Å². The minimum absolute atomic E-state index is 0.304. The average molecular weight is 337 g/mol. The third-order valence-electron chi connectivity index (χ3n) is 5.28. The highest BCUT2D eigenvalue weighted by Gasteiger charge is 2.38. The molecule has 0 atom stereocenters. The van der Waals surface area contributed by atoms with E-state index in [-0.39, 0.29) is 4.32 Å². The van der Waals surface area contributed by atoms with E-state index in [0.29, 0.717) is 5.78 Å². The largest absolute Gasteiger partial charge is 0.293 e. The molecule has 1 nitrogen and oxygen atoms in total. The van der Waals surface area contributed by atoms with Crippen LogP contribution in [0.15, 0.2) is 0 Å². The first kappa shape index (κ1) is 15.8. The first-order chi connectivity index (χ1) is 9.29. The molecular weight excluding hydrogens is 312 g/mol. The number of halogens is 1. The third kappa shape index (κ3) is 2.47. The maximum Gasteiger partial charge on any atom is 0.180 e. The first-order valence-electron chi connectivity index (χ1n) is 7.60. The van der Waals surface area contributed by atoms with Gasteiger partial charge < -0.3 is 0 Å². The number of rotatable bonds is 2. The Hall–Kier alpha value is -0.630. The van der Waals surface area contributed by atoms with Crippen molar-refractivity contribution in [2.24, 2.45) is 0 Å². The van der Waals surface area contributed by atoms with Crippen LogP contribution in [0.4, 0.5) is 0 Å². The molecule has 20 heavy (non-hydrogen) atoms. The zero-order valence-corrected chi connectivity index (χ0v) is 14.9. The second-order valence-corrected chi connectivity index (χ2v) is 7.87. The van der Waals surface area contributed by atoms with Crippen LogP contribution in [0.25, 0.3) is 0 Å². The molecule has 0 aromatic heterocycles. The summed E-state index contributed by atoms with van der Waals surface area (Å²) in [7, 11) is 0. The van der Waals surface area contributed by atoms with Gasteiger partial charge in [0.15, 0.2) is 5.78 Å². The van der Waals surface area contributed by atoms with Crippen LogP contribution in [-0.4, -0.2) is 10.1 Å². The molecule has 0 bridgehead atoms. The highest BCUT2D eigenvalue weighted by atomic mass is 79.9. The van der Waals surface area contributed by atoms with E-state index < -0.39 is 0 Å². The average Bonchev–Trinajstić information content (AvgIpc) is 2.44. The smallest absolute Gasteiger partial charge is 0.180 e. The molecule has 0 aliphatic heterocycles. The van der Waals surface area contributed by atoms with E-state index >= 15 is 0 Å². The summed E-state index contributed by atoms with van der Waals surface area (Å²) in [5, 5.41) is 0. The summed E-state index contributed by atoms with van der Waals surface area (Å²) >= 11 is 3.78. The van der Waals surface area contributed by atoms with Crippen molar-refractivity contribution < 1.29 is 4.79 Å². The fraction of sp³-hybridized carbons (Fsp3) is 0.611. The lowest BCUT2D eigenvalue weighted by atomic mass is 9.79. The van der Waals surface area contributed by atoms with Crippen LogP contribution >= 0.6 is 15.9 Å². The molecule has 0 amide bonds. The molecule has 2 rings (SSSR count). The number of hydrogen-bond acceptors (Lipinski definition) is 1. The van der Waals surface area contributed by atoms with Gasteiger partial charge in [0.1, 0.15) is 0 Å². The second-order valence-electron chi connectivity index (χ2n) is 6.36. The van der Waals surface area contributed by atoms with Crippen molar-refractivity contribution in [3.05, 3.63) is 33.4 Å². The molecule has 0 unspecified atom stereocenters. The Morgan fingerprint density at radius 3 is 1.65 bits per heavy atom. The normalized spacial score (nSPS) is 18.1. The Balaban J connectivity index is 2.55. The topological polar surface area (TPSA) is 17.1 Å². The SMILES string of the molecule is Cc1c(C)c(C)c(C(=O)C2(Br)CCCCC2)c(C)c1C. The monoisotopic (exact) mass is 336 g/mol. The maximum atomic E-state index is 13.1. The lowest BCUT2D eigenvalue weighted by Crippen LogP contribution is -2.35. The summed E-state index contributed by atoms with van der Waals surface area (Å²) in [6.45, 7) is 10.6. The minimum Gasteiger partial charge on any atom is -0.293 e. The molecule has 110 valence electrons. The van der Waals surface area contributed by atoms with Gasteiger partial charge in [0.2, 0.25) is 0 Å². The molecule has 2 heteroatoms. The summed E-state index contributed by atoms with van der Waals surface area (Å²) in [5.74, 6) is 0.304. The van der Waals surface area contributed by atoms with E-state index in [0.717, 1.165) is 31.2 Å². The van der Waals surface area contributed by atoms with Crippen LogP contribution in [0.3, 0.4) is 0 Å². The molecule has 1 aliphatic rings. The summed E-state index contributed by atoms with van der Waals surface area (Å²) in [5.41, 5.74) is 7.15. The van der Waals surface area contributed by atoms with Crippen molar-refractivity contribution >= 4 is 21.7 Å². The fourth-order valence-corrected chi connectivity index (χ4v) is 4.16. The molecule has 1 aliphatic carbocycles. The van der Waals surface area contributed by atoms with Gasteiger partial charge >= 0.3 is 0 Å². The third-order valence-corrected chi connectivity index (χ3v) is 6.43. The van der Waals surface area contributed by atoms with Crippen LogP contribution < -0.4 is 0 Å². The van der Waals surface area contributed by atoms with Crippen molar-refractivity contribution in [1.82, 2.24) is 0 Å². The van der Waals surface area contributed by atoms with Crippen molar-refractivity contribution in [3.63, 3.8) is 0 Å². The molecule has 1 aromatic rings. The first-order valence-corrected chi connectivity index (χ1v) is 8.39. The highest BCUT2D eigenvalue weighted by Crippen LogP contribution is 2.40. The van der Waals surface area contributed by atoms with Crippen LogP contribution in [0, 0.1) is 34.6 Å². The Morgan fingerprint density at radius 2 is 1.20 bits per heavy atom. The van der Waals surface area contributed by atoms with Gasteiger partial charge in [0.05, 0.1) is 4.32 Å². The van der Waals surface area contributed by atoms with E-state index in [1.165, 1.54) is 34.2 Å². The van der Waals surface area contributed by atoms with E-state index in [4.69, 9.17) is 0 Å². The summed E-state index contributed by atoms with van der Waals surface area (Å²) in [6.07, 6.45) is 5.50. The fourth-order valence-electron chi connectivity index (χ4n) is 3.40. The highest BCUT2D eigenvalue weighted by molar-refractivity contribution is 9.10. The van der Waals surface area contributed by atoms with E-state index in [2.05, 4.69) is 50.5 Å². The Labute approximate surface area is 131 Å². The lowest BCUT2D eigenvalue weighted by Gasteiger charge is -2.32. The van der Waals surface area contributed by atoms with Gasteiger partial charge in [-0.3, -0.25) is 4.79 Å². The molecular formula is C18H25BrO. The summed E-state index contributed by atoms with van der Waals surface area (Å²) in [6, 6.07) is 0. The molecule has 1 fully saturated rings. The molecule has 0 heterocycles. The number of hydrogen-bond donors (Lipinski definition) is 0. The number of alkyl halides is 1. The number of Topliss-reactive ketones (excluding diaryl/α,β-unsaturated/α-hetero) is 1. The maximum absolute atomic E-state index is 13.1. The van der Waals surface area contributed by atoms with Gasteiger partial charge in [-0.25, -0.2) is 0 Å². The Bertz CT molecular complexity index is 522. The number of carbonyl (C=O) groups excluding carboxylic acids is 1. The van der Waals surface area contributed by atoms with Crippen molar-refractivity contribution in [3.8, 4) is 0 Å². The molecule has 1 aromatic carbocycles. The summed E-state index contributed by atoms with van der Waals surface area (Å²) < 4.78 is -0.324. The number of benzene rings is 1. The van der Waals surface area contributed by atoms with E-state index in [1.54, 1.807) is 0 Å². The predicted octanol–water partition coefficient (Wildman–Crippen LogP) is 5.51. The van der Waals surface area contributed by atoms with Crippen LogP contribution in [0.2, 0.25) is 0 Å². The van der Waals surface area contributed by atoms with Crippen LogP contribution in [-0.2, 0) is 0 Å². The zero-order chi connectivity index (χ0) is 15.1. The number of ketones is 1. The van der Waals surface area contributed by atoms with Crippen molar-refractivity contribution in [1.29, 1.82) is 0 Å². The van der Waals surface area contributed by atoms with Crippen molar-refractivity contribution in [2.45, 2.75) is 71.0 Å². The van der Waals surface area contributed by atoms with E-state index in [1.807, 2.05) is 0 Å². The zero-order valence-electron chi connectivity index (χ0n) is 13.3. The molecule has 0 spiro atoms. The lowest BCUT2D eigenvalue weighted by molar-refractivity contribution is 0.0922. The Kier molecular flexibility index (Phi) is 4.44. The number of carbonyl (C=O) groups is 1. The van der Waals surface area contributed by atoms with Crippen LogP contribution in [0.5, 0.6) is 0 Å². The second kappa shape index (κ2) is 5.63. The van der Waals surface area contributed by atoms with Crippen LogP contribution in [0.1, 0.15) is 70.3 Å². The predicted molar refractivity (Wildman–Crippen MR) is 89.2 cm³/mol. The molecule has 0 saturated heterocycles. The summed E-state index contributed by atoms with van der Waals surface area (Å²) in [4.78, 5) is 13.1. The molecule has 0 N–H and O–H groups in total. The minimum atomic E-state index is -0.324. The Morgan fingerprint density at radius 1 is 0.800 bits per heavy atom. The molecule has 0 radical (unpaired) electrons. The quantitative estimate of drug-likeness (QED) is 0.514. The van der Waals surface area contributed by atoms with E-state index in [9.17, 15) is 4.79 Å². The standard InChI is InChI=1S/C18H25BrO/c1-11-12(2)14(4)16(15(5)13(11)3)17(20)18(19)9-7-6-8-10-18/h6-10H2,1-5H3. The van der Waals surface area contributed by atoms with Gasteiger partial charge in [-0.05, 0) is 75.3 Å². The van der Waals surface area contributed by atoms with Gasteiger partial charge in [-0.2, -0.15) is 0 Å². The van der Waals surface area contributed by atoms with Gasteiger partial charge in [-0.15, -0.1) is 0 Å². The van der Waals surface area contributed by atoms with Gasteiger partial charge in [-0.1, -0.05) is 35.2 Å².